The maximum atomic E-state index is 12.2. The van der Waals surface area contributed by atoms with Crippen LogP contribution >= 0.6 is 0 Å². The van der Waals surface area contributed by atoms with Gasteiger partial charge in [0, 0.05) is 30.1 Å². The van der Waals surface area contributed by atoms with Crippen LogP contribution in [0.1, 0.15) is 40.8 Å². The Balaban J connectivity index is 1.28. The first kappa shape index (κ1) is 21.4. The van der Waals surface area contributed by atoms with Crippen molar-refractivity contribution < 1.29 is 19.1 Å². The number of carbonyl (C=O) groups is 1. The zero-order valence-corrected chi connectivity index (χ0v) is 19.0. The lowest BCUT2D eigenvalue weighted by Gasteiger charge is -2.11. The molecule has 3 aromatic heterocycles. The minimum absolute atomic E-state index is 0.0991. The molecule has 1 atom stereocenters. The molecule has 11 nitrogen and oxygen atoms in total. The maximum absolute atomic E-state index is 12.2. The second-order valence-electron chi connectivity index (χ2n) is 8.48. The third-order valence-corrected chi connectivity index (χ3v) is 5.84. The fraction of sp³-hybridized carbons (Fsp3) is 0.292. The molecule has 1 aromatic carbocycles. The van der Waals surface area contributed by atoms with Crippen LogP contribution in [0.5, 0.6) is 5.88 Å². The number of rotatable bonds is 8. The number of methoxy groups -OCH3 is 1. The Morgan fingerprint density at radius 3 is 2.80 bits per heavy atom. The number of carbonyl (C=O) groups excluding carboxylic acids is 1. The van der Waals surface area contributed by atoms with E-state index in [4.69, 9.17) is 19.4 Å². The Labute approximate surface area is 200 Å². The molecular weight excluding hydrogens is 450 g/mol. The van der Waals surface area contributed by atoms with Gasteiger partial charge in [-0.3, -0.25) is 9.78 Å². The zero-order chi connectivity index (χ0) is 23.8. The molecule has 0 radical (unpaired) electrons. The van der Waals surface area contributed by atoms with Crippen molar-refractivity contribution in [1.29, 1.82) is 0 Å². The Morgan fingerprint density at radius 1 is 1.17 bits per heavy atom. The molecular formula is C24H23N7O4. The minimum Gasteiger partial charge on any atom is -0.470 e. The van der Waals surface area contributed by atoms with E-state index in [9.17, 15) is 4.79 Å². The van der Waals surface area contributed by atoms with E-state index in [2.05, 4.69) is 26.0 Å². The number of hydroxylamine groups is 1. The molecule has 0 bridgehead atoms. The average molecular weight is 473 g/mol. The van der Waals surface area contributed by atoms with Gasteiger partial charge in [0.15, 0.2) is 11.5 Å². The summed E-state index contributed by atoms with van der Waals surface area (Å²) in [6.07, 6.45) is 5.53. The molecule has 2 aliphatic rings. The van der Waals surface area contributed by atoms with E-state index in [0.29, 0.717) is 47.0 Å². The van der Waals surface area contributed by atoms with Gasteiger partial charge in [-0.25, -0.2) is 0 Å². The fourth-order valence-electron chi connectivity index (χ4n) is 3.89. The summed E-state index contributed by atoms with van der Waals surface area (Å²) in [7, 11) is 1.60. The van der Waals surface area contributed by atoms with Crippen molar-refractivity contribution in [2.75, 3.05) is 13.7 Å². The van der Waals surface area contributed by atoms with Crippen LogP contribution in [-0.2, 0) is 16.2 Å². The summed E-state index contributed by atoms with van der Waals surface area (Å²) < 4.78 is 12.9. The lowest BCUT2D eigenvalue weighted by molar-refractivity contribution is 0.0764. The summed E-state index contributed by atoms with van der Waals surface area (Å²) in [5.41, 5.74) is 4.75. The molecule has 1 unspecified atom stereocenters. The summed E-state index contributed by atoms with van der Waals surface area (Å²) in [4.78, 5) is 22.0. The highest BCUT2D eigenvalue weighted by molar-refractivity contribution is 5.96. The largest absolute Gasteiger partial charge is 0.470 e. The normalized spacial score (nSPS) is 17.4. The number of fused-ring (bicyclic) bond motifs is 3. The number of ether oxygens (including phenoxy) is 2. The number of nitrogens with zero attached hydrogens (tertiary/aromatic N) is 5. The predicted molar refractivity (Wildman–Crippen MR) is 124 cm³/mol. The number of hydrogen-bond acceptors (Lipinski definition) is 9. The molecule has 35 heavy (non-hydrogen) atoms. The smallest absolute Gasteiger partial charge is 0.253 e. The van der Waals surface area contributed by atoms with E-state index in [-0.39, 0.29) is 18.6 Å². The Kier molecular flexibility index (Phi) is 5.47. The summed E-state index contributed by atoms with van der Waals surface area (Å²) in [6.45, 7) is 0.534. The van der Waals surface area contributed by atoms with Crippen molar-refractivity contribution in [3.63, 3.8) is 0 Å². The minimum atomic E-state index is -0.340. The topological polar surface area (TPSA) is 125 Å². The molecule has 1 aliphatic heterocycles. The molecule has 1 saturated carbocycles. The third-order valence-electron chi connectivity index (χ3n) is 5.84. The van der Waals surface area contributed by atoms with Crippen LogP contribution in [0.2, 0.25) is 0 Å². The van der Waals surface area contributed by atoms with Crippen molar-refractivity contribution in [2.45, 2.75) is 31.5 Å². The molecule has 1 amide bonds. The second kappa shape index (κ2) is 8.93. The standard InChI is InChI=1S/C24H23N7O4/c1-33-13-17-10-20(30-35-17)22-28-27-21-18-4-2-3-5-19(18)24(29-31(21)22)34-12-16-7-6-14(11-25-16)23(32)26-15-8-9-15/h2-7,10-11,15,20,30H,8-9,12-13H2,1H3,(H,26,32). The highest BCUT2D eigenvalue weighted by Gasteiger charge is 2.26. The number of amides is 1. The predicted octanol–water partition coefficient (Wildman–Crippen LogP) is 2.25. The van der Waals surface area contributed by atoms with Crippen LogP contribution in [0.15, 0.2) is 54.4 Å². The summed E-state index contributed by atoms with van der Waals surface area (Å²) in [5.74, 6) is 1.54. The Hall–Kier alpha value is -4.09. The van der Waals surface area contributed by atoms with Gasteiger partial charge >= 0.3 is 0 Å². The number of benzene rings is 1. The van der Waals surface area contributed by atoms with E-state index in [1.165, 1.54) is 0 Å². The molecule has 0 spiro atoms. The molecule has 1 fully saturated rings. The third kappa shape index (κ3) is 4.27. The Morgan fingerprint density at radius 2 is 2.03 bits per heavy atom. The summed E-state index contributed by atoms with van der Waals surface area (Å²) in [5, 5.41) is 18.0. The molecule has 2 N–H and O–H groups in total. The van der Waals surface area contributed by atoms with Crippen LogP contribution < -0.4 is 15.5 Å². The van der Waals surface area contributed by atoms with Crippen molar-refractivity contribution in [3.05, 3.63) is 71.5 Å². The van der Waals surface area contributed by atoms with Gasteiger partial charge in [-0.2, -0.15) is 4.52 Å². The van der Waals surface area contributed by atoms with Gasteiger partial charge < -0.3 is 19.6 Å². The van der Waals surface area contributed by atoms with E-state index < -0.39 is 0 Å². The van der Waals surface area contributed by atoms with E-state index in [0.717, 1.165) is 23.6 Å². The van der Waals surface area contributed by atoms with Crippen molar-refractivity contribution in [3.8, 4) is 5.88 Å². The van der Waals surface area contributed by atoms with Crippen LogP contribution in [0.4, 0.5) is 0 Å². The first-order valence-electron chi connectivity index (χ1n) is 11.3. The first-order chi connectivity index (χ1) is 17.2. The van der Waals surface area contributed by atoms with Gasteiger partial charge in [-0.1, -0.05) is 18.2 Å². The fourth-order valence-corrected chi connectivity index (χ4v) is 3.89. The average Bonchev–Trinajstić information content (AvgIpc) is 3.40. The number of nitrogens with one attached hydrogen (secondary N) is 2. The SMILES string of the molecule is COCC1=CC(c2nnc3c4ccccc4c(OCc4ccc(C(=O)NC5CC5)cn4)nn23)NO1. The van der Waals surface area contributed by atoms with Gasteiger partial charge in [0.2, 0.25) is 5.88 Å². The van der Waals surface area contributed by atoms with E-state index >= 15 is 0 Å². The highest BCUT2D eigenvalue weighted by Crippen LogP contribution is 2.29. The molecule has 0 saturated heterocycles. The monoisotopic (exact) mass is 473 g/mol. The van der Waals surface area contributed by atoms with Crippen molar-refractivity contribution in [1.82, 2.24) is 35.6 Å². The first-order valence-corrected chi connectivity index (χ1v) is 11.3. The van der Waals surface area contributed by atoms with Crippen LogP contribution in [0.3, 0.4) is 0 Å². The Bertz CT molecular complexity index is 1430. The molecule has 1 aliphatic carbocycles. The summed E-state index contributed by atoms with van der Waals surface area (Å²) in [6, 6.07) is 11.2. The lowest BCUT2D eigenvalue weighted by atomic mass is 10.2. The van der Waals surface area contributed by atoms with E-state index in [1.807, 2.05) is 30.3 Å². The van der Waals surface area contributed by atoms with Crippen LogP contribution in [0.25, 0.3) is 16.4 Å². The van der Waals surface area contributed by atoms with Crippen LogP contribution in [-0.4, -0.2) is 50.5 Å². The van der Waals surface area contributed by atoms with E-state index in [1.54, 1.807) is 30.0 Å². The molecule has 4 heterocycles. The molecule has 6 rings (SSSR count). The molecule has 4 aromatic rings. The van der Waals surface area contributed by atoms with Crippen molar-refractivity contribution >= 4 is 22.3 Å². The quantitative estimate of drug-likeness (QED) is 0.396. The van der Waals surface area contributed by atoms with Gasteiger partial charge in [0.05, 0.1) is 11.3 Å². The van der Waals surface area contributed by atoms with Gasteiger partial charge in [-0.05, 0) is 37.1 Å². The highest BCUT2D eigenvalue weighted by atomic mass is 16.7. The summed E-state index contributed by atoms with van der Waals surface area (Å²) >= 11 is 0. The van der Waals surface area contributed by atoms with Crippen molar-refractivity contribution in [2.24, 2.45) is 0 Å². The molecule has 11 heteroatoms. The lowest BCUT2D eigenvalue weighted by Crippen LogP contribution is -2.25. The number of hydrogen-bond donors (Lipinski definition) is 2. The second-order valence-corrected chi connectivity index (χ2v) is 8.48. The number of pyridine rings is 1. The number of aromatic nitrogens is 5. The maximum Gasteiger partial charge on any atom is 0.253 e. The van der Waals surface area contributed by atoms with Crippen LogP contribution in [0, 0.1) is 0 Å². The van der Waals surface area contributed by atoms with Gasteiger partial charge in [0.25, 0.3) is 5.91 Å². The van der Waals surface area contributed by atoms with Gasteiger partial charge in [-0.15, -0.1) is 20.8 Å². The molecule has 178 valence electrons. The zero-order valence-electron chi connectivity index (χ0n) is 19.0. The van der Waals surface area contributed by atoms with Gasteiger partial charge in [0.1, 0.15) is 25.0 Å².